The Labute approximate surface area is 92.3 Å². The number of halogens is 1. The fourth-order valence-electron chi connectivity index (χ4n) is 1.67. The van der Waals surface area contributed by atoms with E-state index in [4.69, 9.17) is 0 Å². The van der Waals surface area contributed by atoms with E-state index in [0.717, 1.165) is 9.99 Å². The second-order valence-electron chi connectivity index (χ2n) is 3.69. The molecular weight excluding hydrogens is 238 g/mol. The molecule has 0 saturated carbocycles. The number of rotatable bonds is 1. The van der Waals surface area contributed by atoms with Gasteiger partial charge in [0.05, 0.1) is 5.52 Å². The van der Waals surface area contributed by atoms with E-state index in [1.807, 2.05) is 18.3 Å². The summed E-state index contributed by atoms with van der Waals surface area (Å²) >= 11 is 3.58. The molecule has 1 aromatic carbocycles. The van der Waals surface area contributed by atoms with Crippen molar-refractivity contribution >= 4 is 26.8 Å². The molecule has 2 heteroatoms. The number of pyridine rings is 1. The average molecular weight is 250 g/mol. The molecule has 1 nitrogen and oxygen atoms in total. The minimum atomic E-state index is 0.527. The average Bonchev–Trinajstić information content (AvgIpc) is 2.17. The van der Waals surface area contributed by atoms with Gasteiger partial charge in [0, 0.05) is 16.1 Å². The fourth-order valence-corrected chi connectivity index (χ4v) is 2.25. The molecule has 14 heavy (non-hydrogen) atoms. The molecule has 0 saturated heterocycles. The topological polar surface area (TPSA) is 12.9 Å². The summed E-state index contributed by atoms with van der Waals surface area (Å²) in [6.07, 6.45) is 1.88. The third kappa shape index (κ3) is 1.55. The van der Waals surface area contributed by atoms with Gasteiger partial charge < -0.3 is 0 Å². The molecule has 72 valence electrons. The largest absolute Gasteiger partial charge is 0.256 e. The highest BCUT2D eigenvalue weighted by atomic mass is 79.9. The second-order valence-corrected chi connectivity index (χ2v) is 4.54. The summed E-state index contributed by atoms with van der Waals surface area (Å²) in [5.74, 6) is 0.527. The first kappa shape index (κ1) is 9.66. The van der Waals surface area contributed by atoms with Crippen LogP contribution in [0.4, 0.5) is 0 Å². The van der Waals surface area contributed by atoms with Crippen molar-refractivity contribution in [3.05, 3.63) is 40.5 Å². The molecule has 0 amide bonds. The maximum atomic E-state index is 4.36. The van der Waals surface area contributed by atoms with Crippen LogP contribution in [0.25, 0.3) is 10.9 Å². The molecular formula is C12H12BrN. The quantitative estimate of drug-likeness (QED) is 0.741. The fraction of sp³-hybridized carbons (Fsp3) is 0.250. The van der Waals surface area contributed by atoms with E-state index in [0.29, 0.717) is 5.92 Å². The zero-order chi connectivity index (χ0) is 10.1. The molecule has 0 N–H and O–H groups in total. The molecule has 0 aliphatic rings. The highest BCUT2D eigenvalue weighted by Crippen LogP contribution is 2.29. The first-order chi connectivity index (χ1) is 6.70. The first-order valence-electron chi connectivity index (χ1n) is 4.73. The van der Waals surface area contributed by atoms with Crippen LogP contribution in [0.1, 0.15) is 25.3 Å². The van der Waals surface area contributed by atoms with Crippen LogP contribution >= 0.6 is 15.9 Å². The molecule has 0 radical (unpaired) electrons. The lowest BCUT2D eigenvalue weighted by atomic mass is 9.99. The van der Waals surface area contributed by atoms with E-state index >= 15 is 0 Å². The van der Waals surface area contributed by atoms with Crippen molar-refractivity contribution in [1.82, 2.24) is 4.98 Å². The van der Waals surface area contributed by atoms with Gasteiger partial charge in [0.15, 0.2) is 0 Å². The van der Waals surface area contributed by atoms with Gasteiger partial charge in [0.2, 0.25) is 0 Å². The number of aromatic nitrogens is 1. The number of nitrogens with zero attached hydrogens (tertiary/aromatic N) is 1. The molecule has 1 heterocycles. The van der Waals surface area contributed by atoms with Gasteiger partial charge in [-0.2, -0.15) is 0 Å². The lowest BCUT2D eigenvalue weighted by Crippen LogP contribution is -1.91. The maximum Gasteiger partial charge on any atom is 0.0716 e. The Morgan fingerprint density at radius 3 is 2.71 bits per heavy atom. The highest BCUT2D eigenvalue weighted by molar-refractivity contribution is 9.10. The summed E-state index contributed by atoms with van der Waals surface area (Å²) in [7, 11) is 0. The third-order valence-corrected chi connectivity index (χ3v) is 3.03. The Morgan fingerprint density at radius 1 is 1.21 bits per heavy atom. The van der Waals surface area contributed by atoms with Gasteiger partial charge in [-0.05, 0) is 29.7 Å². The van der Waals surface area contributed by atoms with E-state index in [1.54, 1.807) is 0 Å². The Kier molecular flexibility index (Phi) is 2.55. The Bertz CT molecular complexity index is 458. The standard InChI is InChI=1S/C12H12BrN/c1-8(2)9-6-7-14-11-5-3-4-10(13)12(9)11/h3-8H,1-2H3. The summed E-state index contributed by atoms with van der Waals surface area (Å²) < 4.78 is 1.13. The van der Waals surface area contributed by atoms with Gasteiger partial charge >= 0.3 is 0 Å². The summed E-state index contributed by atoms with van der Waals surface area (Å²) in [6.45, 7) is 4.41. The van der Waals surface area contributed by atoms with Gasteiger partial charge in [-0.1, -0.05) is 35.8 Å². The van der Waals surface area contributed by atoms with Crippen molar-refractivity contribution < 1.29 is 0 Å². The van der Waals surface area contributed by atoms with E-state index in [2.05, 4.69) is 46.9 Å². The minimum Gasteiger partial charge on any atom is -0.256 e. The van der Waals surface area contributed by atoms with Crippen LogP contribution in [0.5, 0.6) is 0 Å². The number of benzene rings is 1. The summed E-state index contributed by atoms with van der Waals surface area (Å²) in [6, 6.07) is 8.23. The van der Waals surface area contributed by atoms with Crippen LogP contribution in [0.3, 0.4) is 0 Å². The second kappa shape index (κ2) is 3.70. The molecule has 2 rings (SSSR count). The van der Waals surface area contributed by atoms with Crippen molar-refractivity contribution in [3.63, 3.8) is 0 Å². The Morgan fingerprint density at radius 2 is 2.00 bits per heavy atom. The summed E-state index contributed by atoms with van der Waals surface area (Å²) in [5, 5.41) is 1.24. The van der Waals surface area contributed by atoms with E-state index < -0.39 is 0 Å². The van der Waals surface area contributed by atoms with Crippen molar-refractivity contribution in [2.75, 3.05) is 0 Å². The number of hydrogen-bond acceptors (Lipinski definition) is 1. The predicted octanol–water partition coefficient (Wildman–Crippen LogP) is 4.12. The lowest BCUT2D eigenvalue weighted by molar-refractivity contribution is 0.874. The Balaban J connectivity index is 2.84. The summed E-state index contributed by atoms with van der Waals surface area (Å²) in [4.78, 5) is 4.36. The van der Waals surface area contributed by atoms with E-state index in [-0.39, 0.29) is 0 Å². The van der Waals surface area contributed by atoms with E-state index in [1.165, 1.54) is 10.9 Å². The van der Waals surface area contributed by atoms with Crippen LogP contribution in [-0.4, -0.2) is 4.98 Å². The zero-order valence-electron chi connectivity index (χ0n) is 8.29. The van der Waals surface area contributed by atoms with Gasteiger partial charge in [0.25, 0.3) is 0 Å². The van der Waals surface area contributed by atoms with Crippen molar-refractivity contribution in [2.45, 2.75) is 19.8 Å². The molecule has 0 bridgehead atoms. The van der Waals surface area contributed by atoms with Gasteiger partial charge in [-0.25, -0.2) is 0 Å². The van der Waals surface area contributed by atoms with Crippen LogP contribution in [0, 0.1) is 0 Å². The minimum absolute atomic E-state index is 0.527. The molecule has 0 spiro atoms. The highest BCUT2D eigenvalue weighted by Gasteiger charge is 2.07. The Hall–Kier alpha value is -0.890. The summed E-state index contributed by atoms with van der Waals surface area (Å²) in [5.41, 5.74) is 2.41. The number of fused-ring (bicyclic) bond motifs is 1. The van der Waals surface area contributed by atoms with Gasteiger partial charge in [-0.3, -0.25) is 4.98 Å². The molecule has 0 aliphatic heterocycles. The monoisotopic (exact) mass is 249 g/mol. The zero-order valence-corrected chi connectivity index (χ0v) is 9.88. The molecule has 0 fully saturated rings. The molecule has 0 atom stereocenters. The van der Waals surface area contributed by atoms with Crippen LogP contribution < -0.4 is 0 Å². The molecule has 0 unspecified atom stereocenters. The third-order valence-electron chi connectivity index (χ3n) is 2.37. The van der Waals surface area contributed by atoms with Crippen LogP contribution in [0.15, 0.2) is 34.9 Å². The molecule has 2 aromatic rings. The van der Waals surface area contributed by atoms with Crippen LogP contribution in [-0.2, 0) is 0 Å². The smallest absolute Gasteiger partial charge is 0.0716 e. The van der Waals surface area contributed by atoms with Crippen LogP contribution in [0.2, 0.25) is 0 Å². The van der Waals surface area contributed by atoms with Crippen molar-refractivity contribution in [2.24, 2.45) is 0 Å². The maximum absolute atomic E-state index is 4.36. The van der Waals surface area contributed by atoms with Crippen molar-refractivity contribution in [1.29, 1.82) is 0 Å². The molecule has 0 aliphatic carbocycles. The first-order valence-corrected chi connectivity index (χ1v) is 5.52. The normalized spacial score (nSPS) is 11.1. The molecule has 1 aromatic heterocycles. The van der Waals surface area contributed by atoms with E-state index in [9.17, 15) is 0 Å². The van der Waals surface area contributed by atoms with Gasteiger partial charge in [-0.15, -0.1) is 0 Å². The van der Waals surface area contributed by atoms with Gasteiger partial charge in [0.1, 0.15) is 0 Å². The SMILES string of the molecule is CC(C)c1ccnc2cccc(Br)c12. The van der Waals surface area contributed by atoms with Crippen molar-refractivity contribution in [3.8, 4) is 0 Å². The number of hydrogen-bond donors (Lipinski definition) is 0. The predicted molar refractivity (Wildman–Crippen MR) is 63.5 cm³/mol. The lowest BCUT2D eigenvalue weighted by Gasteiger charge is -2.10.